The maximum atomic E-state index is 12.4. The van der Waals surface area contributed by atoms with Crippen LogP contribution in [0.3, 0.4) is 0 Å². The number of hydrogen-bond acceptors (Lipinski definition) is 5. The molecule has 1 aliphatic heterocycles. The van der Waals surface area contributed by atoms with Crippen LogP contribution in [0.15, 0.2) is 18.3 Å². The van der Waals surface area contributed by atoms with Gasteiger partial charge in [0.2, 0.25) is 0 Å². The maximum absolute atomic E-state index is 12.4. The van der Waals surface area contributed by atoms with Crippen LogP contribution in [0.25, 0.3) is 0 Å². The Kier molecular flexibility index (Phi) is 7.13. The monoisotopic (exact) mass is 486 g/mol. The van der Waals surface area contributed by atoms with Gasteiger partial charge in [-0.25, -0.2) is 0 Å². The standard InChI is InChI=1S/C13H18ClNO2.C5H10NO2.In/c1-5-10(14)6-9-15-13(7-8-13)11(16)17-12(2,3)4;1-3-4(2)8-5(6)7;/h1,5,15H,7-9H2,2-4H3;4H,1,3H2,2H3,(H2,6,7);. The second kappa shape index (κ2) is 8.57. The second-order valence-electron chi connectivity index (χ2n) is 8.10. The van der Waals surface area contributed by atoms with Gasteiger partial charge in [0.25, 0.3) is 0 Å². The van der Waals surface area contributed by atoms with Crippen molar-refractivity contribution in [1.29, 1.82) is 0 Å². The number of hydrogen-bond donors (Lipinski definition) is 2. The Balaban J connectivity index is 1.88. The van der Waals surface area contributed by atoms with Gasteiger partial charge in [0.1, 0.15) is 0 Å². The summed E-state index contributed by atoms with van der Waals surface area (Å²) in [5.41, 5.74) is 4.01. The van der Waals surface area contributed by atoms with Gasteiger partial charge in [-0.05, 0) is 0 Å². The molecule has 3 N–H and O–H groups in total. The third-order valence-corrected chi connectivity index (χ3v) is 14.1. The van der Waals surface area contributed by atoms with Crippen molar-refractivity contribution in [2.75, 3.05) is 6.54 Å². The molecule has 1 amide bonds. The van der Waals surface area contributed by atoms with Crippen molar-refractivity contribution >= 4 is 45.1 Å². The predicted molar refractivity (Wildman–Crippen MR) is 103 cm³/mol. The fourth-order valence-corrected chi connectivity index (χ4v) is 12.5. The van der Waals surface area contributed by atoms with E-state index in [1.165, 1.54) is 3.33 Å². The summed E-state index contributed by atoms with van der Waals surface area (Å²) in [6.45, 7) is 8.10. The van der Waals surface area contributed by atoms with Gasteiger partial charge in [0.05, 0.1) is 0 Å². The summed E-state index contributed by atoms with van der Waals surface area (Å²) >= 11 is 4.24. The number of nitrogens with one attached hydrogen (secondary N) is 1. The molecule has 26 heavy (non-hydrogen) atoms. The van der Waals surface area contributed by atoms with E-state index in [1.807, 2.05) is 33.8 Å². The Morgan fingerprint density at radius 3 is 2.62 bits per heavy atom. The summed E-state index contributed by atoms with van der Waals surface area (Å²) in [6, 6.07) is 0. The predicted octanol–water partition coefficient (Wildman–Crippen LogP) is 2.96. The molecule has 1 heterocycles. The number of carbonyl (C=O) groups is 2. The normalized spacial score (nSPS) is 19.5. The van der Waals surface area contributed by atoms with E-state index in [0.717, 1.165) is 28.5 Å². The van der Waals surface area contributed by atoms with Crippen molar-refractivity contribution in [2.24, 2.45) is 5.73 Å². The summed E-state index contributed by atoms with van der Waals surface area (Å²) in [5.74, 6) is -0.178. The van der Waals surface area contributed by atoms with Crippen LogP contribution in [0.5, 0.6) is 0 Å². The van der Waals surface area contributed by atoms with Gasteiger partial charge < -0.3 is 0 Å². The number of primary amides is 1. The first-order valence-electron chi connectivity index (χ1n) is 9.04. The Labute approximate surface area is 168 Å². The van der Waals surface area contributed by atoms with Gasteiger partial charge in [-0.1, -0.05) is 0 Å². The third-order valence-electron chi connectivity index (χ3n) is 4.59. The first-order chi connectivity index (χ1) is 12.0. The van der Waals surface area contributed by atoms with Crippen LogP contribution in [-0.4, -0.2) is 57.3 Å². The van der Waals surface area contributed by atoms with Gasteiger partial charge in [-0.2, -0.15) is 0 Å². The number of ether oxygens (including phenoxy) is 2. The molecule has 0 aromatic rings. The fraction of sp³-hybridized carbons (Fsp3) is 0.667. The van der Waals surface area contributed by atoms with Gasteiger partial charge in [0.15, 0.2) is 0 Å². The number of esters is 1. The Morgan fingerprint density at radius 2 is 2.08 bits per heavy atom. The van der Waals surface area contributed by atoms with E-state index in [1.54, 1.807) is 0 Å². The van der Waals surface area contributed by atoms with E-state index in [0.29, 0.717) is 6.54 Å². The Morgan fingerprint density at radius 1 is 1.42 bits per heavy atom. The summed E-state index contributed by atoms with van der Waals surface area (Å²) < 4.78 is 15.1. The summed E-state index contributed by atoms with van der Waals surface area (Å²) in [5, 5.41) is 4.20. The number of halogens is 1. The number of nitrogens with two attached hydrogens (primary N) is 1. The summed E-state index contributed by atoms with van der Waals surface area (Å²) in [6.07, 6.45) is 3.42. The topological polar surface area (TPSA) is 90.7 Å². The Hall–Kier alpha value is -0.660. The second-order valence-corrected chi connectivity index (χ2v) is 16.7. The fourth-order valence-electron chi connectivity index (χ4n) is 2.98. The minimum atomic E-state index is -2.15. The minimum absolute atomic E-state index is 0.178. The number of carbonyl (C=O) groups excluding carboxylic acids is 2. The van der Waals surface area contributed by atoms with E-state index >= 15 is 0 Å². The zero-order valence-corrected chi connectivity index (χ0v) is 20.0. The summed E-state index contributed by atoms with van der Waals surface area (Å²) in [4.78, 5) is 23.3. The van der Waals surface area contributed by atoms with E-state index in [2.05, 4.69) is 9.15 Å². The van der Waals surface area contributed by atoms with Crippen molar-refractivity contribution in [3.05, 3.63) is 18.3 Å². The quantitative estimate of drug-likeness (QED) is 0.515. The number of amides is 1. The number of allylic oxidation sites excluding steroid dienone is 2. The Bertz CT molecular complexity index is 623. The zero-order valence-electron chi connectivity index (χ0n) is 15.9. The molecular formula is C18H28ClInN2O4. The van der Waals surface area contributed by atoms with Crippen molar-refractivity contribution in [3.8, 4) is 0 Å². The van der Waals surface area contributed by atoms with Crippen LogP contribution in [-0.2, 0) is 14.3 Å². The molecular weight excluding hydrogens is 458 g/mol. The molecule has 1 aliphatic carbocycles. The first kappa shape index (κ1) is 21.6. The number of rotatable bonds is 8. The molecule has 1 unspecified atom stereocenters. The molecule has 1 fully saturated rings. The van der Waals surface area contributed by atoms with Crippen molar-refractivity contribution in [1.82, 2.24) is 5.32 Å². The average Bonchev–Trinajstić information content (AvgIpc) is 3.20. The van der Waals surface area contributed by atoms with Gasteiger partial charge in [-0.15, -0.1) is 0 Å². The molecule has 1 saturated carbocycles. The molecule has 2 rings (SSSR count). The van der Waals surface area contributed by atoms with Crippen molar-refractivity contribution in [3.63, 3.8) is 0 Å². The van der Waals surface area contributed by atoms with E-state index < -0.39 is 38.7 Å². The van der Waals surface area contributed by atoms with Crippen LogP contribution in [0, 0.1) is 0 Å². The zero-order chi connectivity index (χ0) is 19.5. The molecule has 8 heteroatoms. The third kappa shape index (κ3) is 6.20. The van der Waals surface area contributed by atoms with Gasteiger partial charge in [-0.3, -0.25) is 0 Å². The van der Waals surface area contributed by atoms with Crippen LogP contribution in [0.2, 0.25) is 4.18 Å². The van der Waals surface area contributed by atoms with Crippen LogP contribution in [0.1, 0.15) is 47.0 Å². The van der Waals surface area contributed by atoms with Gasteiger partial charge in [0, 0.05) is 0 Å². The molecule has 0 saturated heterocycles. The van der Waals surface area contributed by atoms with Crippen molar-refractivity contribution < 1.29 is 19.1 Å². The average molecular weight is 487 g/mol. The SMILES string of the molecule is CC(C[CH2][In]1[CH]=CC(Cl)=[C]1CNC1(C(=O)OC(C)(C)C)CC1)OC(N)=O. The van der Waals surface area contributed by atoms with E-state index in [4.69, 9.17) is 26.8 Å². The molecule has 6 nitrogen and oxygen atoms in total. The molecule has 1 atom stereocenters. The van der Waals surface area contributed by atoms with Crippen LogP contribution < -0.4 is 11.1 Å². The first-order valence-corrected chi connectivity index (χ1v) is 15.3. The van der Waals surface area contributed by atoms with Crippen molar-refractivity contribution in [2.45, 2.75) is 68.4 Å². The van der Waals surface area contributed by atoms with Gasteiger partial charge >= 0.3 is 168 Å². The molecule has 0 bridgehead atoms. The van der Waals surface area contributed by atoms with E-state index in [-0.39, 0.29) is 12.1 Å². The van der Waals surface area contributed by atoms with Crippen LogP contribution >= 0.6 is 11.6 Å². The molecule has 0 radical (unpaired) electrons. The van der Waals surface area contributed by atoms with E-state index in [9.17, 15) is 9.59 Å². The molecule has 0 spiro atoms. The van der Waals surface area contributed by atoms with Crippen LogP contribution in [0.4, 0.5) is 4.79 Å². The molecule has 2 aliphatic rings. The molecule has 0 aromatic heterocycles. The molecule has 144 valence electrons. The molecule has 0 aromatic carbocycles. The summed E-state index contributed by atoms with van der Waals surface area (Å²) in [7, 11) is 0.